The molecule has 0 spiro atoms. The summed E-state index contributed by atoms with van der Waals surface area (Å²) in [6.07, 6.45) is 3.27. The van der Waals surface area contributed by atoms with Crippen molar-refractivity contribution in [1.29, 1.82) is 0 Å². The monoisotopic (exact) mass is 318 g/mol. The summed E-state index contributed by atoms with van der Waals surface area (Å²) in [5.41, 5.74) is 5.52. The van der Waals surface area contributed by atoms with Gasteiger partial charge in [-0.2, -0.15) is 5.10 Å². The zero-order chi connectivity index (χ0) is 13.8. The van der Waals surface area contributed by atoms with E-state index in [2.05, 4.69) is 16.0 Å². The quantitative estimate of drug-likeness (QED) is 0.852. The Morgan fingerprint density at radius 2 is 1.95 bits per heavy atom. The number of benzene rings is 1. The summed E-state index contributed by atoms with van der Waals surface area (Å²) in [5, 5.41) is 4.97. The summed E-state index contributed by atoms with van der Waals surface area (Å²) >= 11 is 17.7. The van der Waals surface area contributed by atoms with E-state index in [0.717, 1.165) is 0 Å². The number of aromatic nitrogens is 2. The van der Waals surface area contributed by atoms with Crippen molar-refractivity contribution >= 4 is 46.4 Å². The predicted octanol–water partition coefficient (Wildman–Crippen LogP) is 2.99. The number of nitrogens with zero attached hydrogens (tertiary/aromatic N) is 2. The number of hydrogen-bond donors (Lipinski definition) is 2. The van der Waals surface area contributed by atoms with Crippen LogP contribution in [0.15, 0.2) is 30.6 Å². The Morgan fingerprint density at radius 3 is 2.53 bits per heavy atom. The lowest BCUT2D eigenvalue weighted by molar-refractivity contribution is -0.121. The fourth-order valence-electron chi connectivity index (χ4n) is 1.37. The molecule has 0 aliphatic rings. The van der Waals surface area contributed by atoms with Gasteiger partial charge in [-0.25, -0.2) is 0 Å². The highest BCUT2D eigenvalue weighted by atomic mass is 35.5. The second kappa shape index (κ2) is 6.14. The average Bonchev–Trinajstić information content (AvgIpc) is 2.80. The molecule has 2 rings (SSSR count). The third-order valence-electron chi connectivity index (χ3n) is 2.20. The van der Waals surface area contributed by atoms with Crippen LogP contribution in [0.2, 0.25) is 15.1 Å². The maximum atomic E-state index is 11.6. The molecule has 0 aliphatic heterocycles. The number of amides is 1. The fraction of sp³-hybridized carbons (Fsp3) is 0.0909. The Hall–Kier alpha value is -1.43. The van der Waals surface area contributed by atoms with Gasteiger partial charge in [0.2, 0.25) is 0 Å². The molecule has 8 heteroatoms. The van der Waals surface area contributed by atoms with Crippen LogP contribution in [0.5, 0.6) is 0 Å². The largest absolute Gasteiger partial charge is 0.296 e. The van der Waals surface area contributed by atoms with Crippen molar-refractivity contribution in [3.63, 3.8) is 0 Å². The molecule has 100 valence electrons. The molecule has 0 saturated heterocycles. The van der Waals surface area contributed by atoms with Crippen LogP contribution in [-0.2, 0) is 11.3 Å². The molecule has 19 heavy (non-hydrogen) atoms. The van der Waals surface area contributed by atoms with Crippen LogP contribution in [0.1, 0.15) is 0 Å². The van der Waals surface area contributed by atoms with E-state index in [1.54, 1.807) is 18.5 Å². The highest BCUT2D eigenvalue weighted by Crippen LogP contribution is 2.32. The van der Waals surface area contributed by atoms with Gasteiger partial charge in [-0.3, -0.25) is 20.3 Å². The fourth-order valence-corrected chi connectivity index (χ4v) is 2.29. The Labute approximate surface area is 124 Å². The van der Waals surface area contributed by atoms with Gasteiger partial charge in [0.05, 0.1) is 15.7 Å². The maximum absolute atomic E-state index is 11.6. The number of carbonyl (C=O) groups is 1. The van der Waals surface area contributed by atoms with E-state index in [9.17, 15) is 4.79 Å². The van der Waals surface area contributed by atoms with E-state index in [4.69, 9.17) is 34.8 Å². The van der Waals surface area contributed by atoms with Gasteiger partial charge in [-0.15, -0.1) is 0 Å². The van der Waals surface area contributed by atoms with Crippen molar-refractivity contribution in [3.8, 4) is 0 Å². The molecule has 1 aromatic carbocycles. The van der Waals surface area contributed by atoms with Crippen LogP contribution >= 0.6 is 34.8 Å². The normalized spacial score (nSPS) is 10.3. The summed E-state index contributed by atoms with van der Waals surface area (Å²) < 4.78 is 1.49. The Bertz CT molecular complexity index is 563. The molecule has 2 N–H and O–H groups in total. The minimum Gasteiger partial charge on any atom is -0.296 e. The topological polar surface area (TPSA) is 59.0 Å². The van der Waals surface area contributed by atoms with E-state index in [0.29, 0.717) is 20.8 Å². The van der Waals surface area contributed by atoms with Gasteiger partial charge in [-0.05, 0) is 18.2 Å². The van der Waals surface area contributed by atoms with Gasteiger partial charge in [0.1, 0.15) is 6.54 Å². The molecule has 2 aromatic rings. The molecule has 0 radical (unpaired) electrons. The zero-order valence-electron chi connectivity index (χ0n) is 9.53. The number of halogens is 3. The number of hydrogen-bond acceptors (Lipinski definition) is 3. The van der Waals surface area contributed by atoms with Gasteiger partial charge < -0.3 is 0 Å². The van der Waals surface area contributed by atoms with Gasteiger partial charge in [0.25, 0.3) is 5.91 Å². The van der Waals surface area contributed by atoms with E-state index < -0.39 is 0 Å². The van der Waals surface area contributed by atoms with E-state index >= 15 is 0 Å². The third kappa shape index (κ3) is 3.76. The summed E-state index contributed by atoms with van der Waals surface area (Å²) in [6.45, 7) is 0.0861. The van der Waals surface area contributed by atoms with Crippen LogP contribution < -0.4 is 10.9 Å². The van der Waals surface area contributed by atoms with E-state index in [1.807, 2.05) is 0 Å². The van der Waals surface area contributed by atoms with Crippen molar-refractivity contribution in [2.24, 2.45) is 0 Å². The molecule has 0 fully saturated rings. The standard InChI is InChI=1S/C11H9Cl3N4O/c12-7-4-8(13)11(9(14)5-7)17-16-10(19)6-18-3-1-2-15-18/h1-5,17H,6H2,(H,16,19). The Kier molecular flexibility index (Phi) is 4.52. The molecular weight excluding hydrogens is 311 g/mol. The highest BCUT2D eigenvalue weighted by molar-refractivity contribution is 6.41. The molecule has 5 nitrogen and oxygen atoms in total. The van der Waals surface area contributed by atoms with Gasteiger partial charge >= 0.3 is 0 Å². The molecule has 0 atom stereocenters. The lowest BCUT2D eigenvalue weighted by Gasteiger charge is -2.12. The predicted molar refractivity (Wildman–Crippen MR) is 75.5 cm³/mol. The van der Waals surface area contributed by atoms with Crippen LogP contribution in [0, 0.1) is 0 Å². The van der Waals surface area contributed by atoms with E-state index in [-0.39, 0.29) is 12.5 Å². The van der Waals surface area contributed by atoms with Gasteiger partial charge in [0.15, 0.2) is 0 Å². The maximum Gasteiger partial charge on any atom is 0.260 e. The zero-order valence-corrected chi connectivity index (χ0v) is 11.8. The SMILES string of the molecule is O=C(Cn1cccn1)NNc1c(Cl)cc(Cl)cc1Cl. The van der Waals surface area contributed by atoms with Crippen LogP contribution in [0.25, 0.3) is 0 Å². The number of rotatable bonds is 4. The highest BCUT2D eigenvalue weighted by Gasteiger charge is 2.09. The molecule has 1 amide bonds. The smallest absolute Gasteiger partial charge is 0.260 e. The van der Waals surface area contributed by atoms with Crippen molar-refractivity contribution in [2.45, 2.75) is 6.54 Å². The van der Waals surface area contributed by atoms with Crippen molar-refractivity contribution in [3.05, 3.63) is 45.7 Å². The molecule has 0 unspecified atom stereocenters. The first-order chi connectivity index (χ1) is 9.06. The molecule has 0 saturated carbocycles. The lowest BCUT2D eigenvalue weighted by atomic mass is 10.3. The second-order valence-corrected chi connectivity index (χ2v) is 4.87. The molecule has 1 aromatic heterocycles. The first kappa shape index (κ1) is 14.0. The van der Waals surface area contributed by atoms with Crippen molar-refractivity contribution in [1.82, 2.24) is 15.2 Å². The average molecular weight is 320 g/mol. The van der Waals surface area contributed by atoms with E-state index in [1.165, 1.54) is 16.8 Å². The summed E-state index contributed by atoms with van der Waals surface area (Å²) in [7, 11) is 0. The summed E-state index contributed by atoms with van der Waals surface area (Å²) in [4.78, 5) is 11.6. The molecule has 1 heterocycles. The summed E-state index contributed by atoms with van der Waals surface area (Å²) in [5.74, 6) is -0.286. The second-order valence-electron chi connectivity index (χ2n) is 3.62. The first-order valence-electron chi connectivity index (χ1n) is 5.23. The Morgan fingerprint density at radius 1 is 1.26 bits per heavy atom. The number of anilines is 1. The van der Waals surface area contributed by atoms with Crippen LogP contribution in [0.4, 0.5) is 5.69 Å². The molecule has 0 aliphatic carbocycles. The third-order valence-corrected chi connectivity index (χ3v) is 3.01. The van der Waals surface area contributed by atoms with Crippen LogP contribution in [-0.4, -0.2) is 15.7 Å². The summed E-state index contributed by atoms with van der Waals surface area (Å²) in [6, 6.07) is 4.78. The van der Waals surface area contributed by atoms with Crippen LogP contribution in [0.3, 0.4) is 0 Å². The number of hydrazine groups is 1. The Balaban J connectivity index is 1.97. The van der Waals surface area contributed by atoms with Crippen molar-refractivity contribution in [2.75, 3.05) is 5.43 Å². The first-order valence-corrected chi connectivity index (χ1v) is 6.36. The number of nitrogens with one attached hydrogen (secondary N) is 2. The minimum atomic E-state index is -0.286. The minimum absolute atomic E-state index is 0.0861. The van der Waals surface area contributed by atoms with Gasteiger partial charge in [0, 0.05) is 17.4 Å². The lowest BCUT2D eigenvalue weighted by Crippen LogP contribution is -2.32. The van der Waals surface area contributed by atoms with Gasteiger partial charge in [-0.1, -0.05) is 34.8 Å². The van der Waals surface area contributed by atoms with Crippen molar-refractivity contribution < 1.29 is 4.79 Å². The number of carbonyl (C=O) groups excluding carboxylic acids is 1. The molecular formula is C11H9Cl3N4O. The molecule has 0 bridgehead atoms.